The number of aromatic nitrogens is 1. The number of thioether (sulfide) groups is 1. The topological polar surface area (TPSA) is 91.3 Å². The van der Waals surface area contributed by atoms with Gasteiger partial charge in [-0.1, -0.05) is 11.6 Å². The third-order valence-electron chi connectivity index (χ3n) is 2.51. The van der Waals surface area contributed by atoms with Crippen molar-refractivity contribution in [1.82, 2.24) is 15.6 Å². The SMILES string of the molecule is CSCCC(NC(=O)NCc1ccncc1Cl)C(=O)O. The molecule has 1 heterocycles. The van der Waals surface area contributed by atoms with E-state index in [-0.39, 0.29) is 6.54 Å². The Balaban J connectivity index is 2.46. The van der Waals surface area contributed by atoms with Crippen molar-refractivity contribution in [3.63, 3.8) is 0 Å². The van der Waals surface area contributed by atoms with Gasteiger partial charge in [0.25, 0.3) is 0 Å². The van der Waals surface area contributed by atoms with E-state index in [9.17, 15) is 9.59 Å². The molecule has 0 saturated heterocycles. The first-order valence-electron chi connectivity index (χ1n) is 5.89. The van der Waals surface area contributed by atoms with Gasteiger partial charge in [0.05, 0.1) is 5.02 Å². The predicted octanol–water partition coefficient (Wildman–Crippen LogP) is 1.74. The van der Waals surface area contributed by atoms with Crippen LogP contribution in [0.25, 0.3) is 0 Å². The summed E-state index contributed by atoms with van der Waals surface area (Å²) >= 11 is 7.43. The largest absolute Gasteiger partial charge is 0.480 e. The number of aliphatic carboxylic acids is 1. The molecule has 0 aliphatic carbocycles. The monoisotopic (exact) mass is 317 g/mol. The number of pyridine rings is 1. The summed E-state index contributed by atoms with van der Waals surface area (Å²) in [5.41, 5.74) is 0.716. The summed E-state index contributed by atoms with van der Waals surface area (Å²) in [5.74, 6) is -0.385. The van der Waals surface area contributed by atoms with Crippen LogP contribution in [-0.2, 0) is 11.3 Å². The van der Waals surface area contributed by atoms with Gasteiger partial charge in [0, 0.05) is 18.9 Å². The minimum atomic E-state index is -1.05. The molecule has 1 aromatic heterocycles. The number of carbonyl (C=O) groups excluding carboxylic acids is 1. The summed E-state index contributed by atoms with van der Waals surface area (Å²) in [6, 6.07) is 0.257. The van der Waals surface area contributed by atoms with Gasteiger partial charge in [0.2, 0.25) is 0 Å². The van der Waals surface area contributed by atoms with Gasteiger partial charge in [0.1, 0.15) is 6.04 Å². The van der Waals surface area contributed by atoms with Crippen LogP contribution < -0.4 is 10.6 Å². The van der Waals surface area contributed by atoms with Gasteiger partial charge in [0.15, 0.2) is 0 Å². The normalized spacial score (nSPS) is 11.7. The number of hydrogen-bond donors (Lipinski definition) is 3. The maximum atomic E-state index is 11.7. The van der Waals surface area contributed by atoms with Crippen molar-refractivity contribution in [2.24, 2.45) is 0 Å². The molecule has 8 heteroatoms. The first-order chi connectivity index (χ1) is 9.54. The van der Waals surface area contributed by atoms with Crippen LogP contribution in [-0.4, -0.2) is 40.1 Å². The van der Waals surface area contributed by atoms with Gasteiger partial charge in [-0.05, 0) is 30.1 Å². The minimum absolute atomic E-state index is 0.210. The molecule has 0 aromatic carbocycles. The van der Waals surface area contributed by atoms with Gasteiger partial charge in [-0.2, -0.15) is 11.8 Å². The molecule has 0 radical (unpaired) electrons. The molecule has 2 amide bonds. The van der Waals surface area contributed by atoms with Gasteiger partial charge >= 0.3 is 12.0 Å². The fraction of sp³-hybridized carbons (Fsp3) is 0.417. The lowest BCUT2D eigenvalue weighted by atomic mass is 10.2. The van der Waals surface area contributed by atoms with Crippen molar-refractivity contribution in [1.29, 1.82) is 0 Å². The molecule has 0 aliphatic heterocycles. The summed E-state index contributed by atoms with van der Waals surface area (Å²) in [6.45, 7) is 0.210. The van der Waals surface area contributed by atoms with Gasteiger partial charge in [-0.25, -0.2) is 9.59 Å². The van der Waals surface area contributed by atoms with Crippen LogP contribution in [0.2, 0.25) is 5.02 Å². The number of nitrogens with one attached hydrogen (secondary N) is 2. The highest BCUT2D eigenvalue weighted by molar-refractivity contribution is 7.98. The lowest BCUT2D eigenvalue weighted by Gasteiger charge is -2.14. The van der Waals surface area contributed by atoms with E-state index in [1.807, 2.05) is 6.26 Å². The summed E-state index contributed by atoms with van der Waals surface area (Å²) in [5, 5.41) is 14.4. The Morgan fingerprint density at radius 1 is 1.55 bits per heavy atom. The quantitative estimate of drug-likeness (QED) is 0.712. The number of hydrogen-bond acceptors (Lipinski definition) is 4. The van der Waals surface area contributed by atoms with Crippen LogP contribution in [0.15, 0.2) is 18.5 Å². The molecule has 1 rings (SSSR count). The average molecular weight is 318 g/mol. The van der Waals surface area contributed by atoms with Crippen LogP contribution in [0, 0.1) is 0 Å². The standard InChI is InChI=1S/C12H16ClN3O3S/c1-20-5-3-10(11(17)18)16-12(19)15-6-8-2-4-14-7-9(8)13/h2,4,7,10H,3,5-6H2,1H3,(H,17,18)(H2,15,16,19). The summed E-state index contributed by atoms with van der Waals surface area (Å²) in [4.78, 5) is 26.5. The summed E-state index contributed by atoms with van der Waals surface area (Å²) in [7, 11) is 0. The van der Waals surface area contributed by atoms with Crippen LogP contribution in [0.3, 0.4) is 0 Å². The average Bonchev–Trinajstić information content (AvgIpc) is 2.42. The first kappa shape index (κ1) is 16.6. The molecule has 1 aromatic rings. The zero-order valence-corrected chi connectivity index (χ0v) is 12.5. The number of halogens is 1. The third-order valence-corrected chi connectivity index (χ3v) is 3.49. The van der Waals surface area contributed by atoms with E-state index in [0.717, 1.165) is 0 Å². The molecule has 0 fully saturated rings. The molecule has 20 heavy (non-hydrogen) atoms. The van der Waals surface area contributed by atoms with E-state index >= 15 is 0 Å². The van der Waals surface area contributed by atoms with Crippen molar-refractivity contribution in [2.75, 3.05) is 12.0 Å². The van der Waals surface area contributed by atoms with Gasteiger partial charge in [-0.3, -0.25) is 4.98 Å². The van der Waals surface area contributed by atoms with E-state index in [1.165, 1.54) is 18.0 Å². The van der Waals surface area contributed by atoms with Gasteiger partial charge in [-0.15, -0.1) is 0 Å². The number of carboxylic acid groups (broad SMARTS) is 1. The van der Waals surface area contributed by atoms with Crippen molar-refractivity contribution in [2.45, 2.75) is 19.0 Å². The number of carboxylic acids is 1. The first-order valence-corrected chi connectivity index (χ1v) is 7.66. The minimum Gasteiger partial charge on any atom is -0.480 e. The van der Waals surface area contributed by atoms with Gasteiger partial charge < -0.3 is 15.7 Å². The second-order valence-corrected chi connectivity index (χ2v) is 5.36. The fourth-order valence-electron chi connectivity index (χ4n) is 1.43. The Kier molecular flexibility index (Phi) is 7.17. The van der Waals surface area contributed by atoms with Crippen molar-refractivity contribution in [3.8, 4) is 0 Å². The molecule has 0 saturated carbocycles. The highest BCUT2D eigenvalue weighted by Crippen LogP contribution is 2.12. The molecule has 0 aliphatic rings. The second-order valence-electron chi connectivity index (χ2n) is 3.97. The van der Waals surface area contributed by atoms with E-state index in [4.69, 9.17) is 16.7 Å². The van der Waals surface area contributed by atoms with Crippen LogP contribution >= 0.6 is 23.4 Å². The number of nitrogens with zero attached hydrogens (tertiary/aromatic N) is 1. The molecule has 110 valence electrons. The lowest BCUT2D eigenvalue weighted by Crippen LogP contribution is -2.46. The Labute approximate surface area is 126 Å². The summed E-state index contributed by atoms with van der Waals surface area (Å²) < 4.78 is 0. The third kappa shape index (κ3) is 5.66. The number of urea groups is 1. The molecule has 1 unspecified atom stereocenters. The van der Waals surface area contributed by atoms with Crippen molar-refractivity contribution >= 4 is 35.4 Å². The molecule has 6 nitrogen and oxygen atoms in total. The lowest BCUT2D eigenvalue weighted by molar-refractivity contribution is -0.139. The maximum Gasteiger partial charge on any atom is 0.326 e. The smallest absolute Gasteiger partial charge is 0.326 e. The zero-order valence-electron chi connectivity index (χ0n) is 10.9. The highest BCUT2D eigenvalue weighted by Gasteiger charge is 2.19. The Morgan fingerprint density at radius 2 is 2.30 bits per heavy atom. The van der Waals surface area contributed by atoms with Crippen LogP contribution in [0.1, 0.15) is 12.0 Å². The predicted molar refractivity (Wildman–Crippen MR) is 79.0 cm³/mol. The molecule has 0 spiro atoms. The van der Waals surface area contributed by atoms with Crippen LogP contribution in [0.4, 0.5) is 4.79 Å². The number of carbonyl (C=O) groups is 2. The Bertz CT molecular complexity index is 473. The zero-order chi connectivity index (χ0) is 15.0. The van der Waals surface area contributed by atoms with Crippen LogP contribution in [0.5, 0.6) is 0 Å². The van der Waals surface area contributed by atoms with E-state index < -0.39 is 18.0 Å². The van der Waals surface area contributed by atoms with E-state index in [1.54, 1.807) is 12.3 Å². The molecule has 1 atom stereocenters. The number of rotatable bonds is 7. The van der Waals surface area contributed by atoms with Crippen molar-refractivity contribution in [3.05, 3.63) is 29.0 Å². The van der Waals surface area contributed by atoms with E-state index in [2.05, 4.69) is 15.6 Å². The molecular weight excluding hydrogens is 302 g/mol. The Hall–Kier alpha value is -1.47. The molecule has 0 bridgehead atoms. The summed E-state index contributed by atoms with van der Waals surface area (Å²) in [6.07, 6.45) is 5.30. The second kappa shape index (κ2) is 8.65. The Morgan fingerprint density at radius 3 is 2.90 bits per heavy atom. The fourth-order valence-corrected chi connectivity index (χ4v) is 2.08. The van der Waals surface area contributed by atoms with E-state index in [0.29, 0.717) is 22.8 Å². The highest BCUT2D eigenvalue weighted by atomic mass is 35.5. The molecular formula is C12H16ClN3O3S. The maximum absolute atomic E-state index is 11.7. The molecule has 3 N–H and O–H groups in total. The number of amides is 2. The van der Waals surface area contributed by atoms with Crippen molar-refractivity contribution < 1.29 is 14.7 Å².